The zero-order chi connectivity index (χ0) is 13.1. The summed E-state index contributed by atoms with van der Waals surface area (Å²) in [5.41, 5.74) is 6.36. The highest BCUT2D eigenvalue weighted by Gasteiger charge is 2.19. The standard InChI is InChI=1S/C14H16N2O3/c15-6-2-5-13-16-9-12(19-13)10-3-1-4-11-14(10)18-8-7-17-11/h1,3-4,9H,2,5-8,15H2. The molecule has 1 aromatic carbocycles. The van der Waals surface area contributed by atoms with Crippen LogP contribution in [0.3, 0.4) is 0 Å². The lowest BCUT2D eigenvalue weighted by molar-refractivity contribution is 0.172. The van der Waals surface area contributed by atoms with Gasteiger partial charge in [-0.05, 0) is 25.1 Å². The van der Waals surface area contributed by atoms with E-state index in [1.54, 1.807) is 6.20 Å². The van der Waals surface area contributed by atoms with Crippen molar-refractivity contribution in [2.24, 2.45) is 5.73 Å². The number of rotatable bonds is 4. The Kier molecular flexibility index (Phi) is 3.37. The molecule has 0 aliphatic carbocycles. The van der Waals surface area contributed by atoms with Crippen LogP contribution in [0, 0.1) is 0 Å². The van der Waals surface area contributed by atoms with E-state index in [2.05, 4.69) is 4.98 Å². The zero-order valence-corrected chi connectivity index (χ0v) is 10.6. The molecule has 5 nitrogen and oxygen atoms in total. The second kappa shape index (κ2) is 5.32. The fourth-order valence-electron chi connectivity index (χ4n) is 2.07. The highest BCUT2D eigenvalue weighted by atomic mass is 16.6. The molecule has 3 rings (SSSR count). The number of fused-ring (bicyclic) bond motifs is 1. The van der Waals surface area contributed by atoms with Crippen molar-refractivity contribution in [1.82, 2.24) is 4.98 Å². The number of hydrogen-bond donors (Lipinski definition) is 1. The molecule has 0 unspecified atom stereocenters. The fraction of sp³-hybridized carbons (Fsp3) is 0.357. The molecule has 0 saturated carbocycles. The summed E-state index contributed by atoms with van der Waals surface area (Å²) in [5.74, 6) is 2.89. The SMILES string of the molecule is NCCCc1ncc(-c2cccc3c2OCCO3)o1. The fourth-order valence-corrected chi connectivity index (χ4v) is 2.07. The molecule has 1 aliphatic heterocycles. The molecule has 0 fully saturated rings. The molecule has 2 heterocycles. The molecule has 0 bridgehead atoms. The maximum Gasteiger partial charge on any atom is 0.194 e. The van der Waals surface area contributed by atoms with Crippen LogP contribution in [-0.4, -0.2) is 24.7 Å². The van der Waals surface area contributed by atoms with Crippen molar-refractivity contribution in [2.75, 3.05) is 19.8 Å². The van der Waals surface area contributed by atoms with Gasteiger partial charge < -0.3 is 19.6 Å². The molecule has 0 saturated heterocycles. The number of nitrogens with zero attached hydrogens (tertiary/aromatic N) is 1. The van der Waals surface area contributed by atoms with Gasteiger partial charge in [0.15, 0.2) is 23.1 Å². The largest absolute Gasteiger partial charge is 0.486 e. The molecule has 2 aromatic rings. The van der Waals surface area contributed by atoms with Gasteiger partial charge in [0.25, 0.3) is 0 Å². The van der Waals surface area contributed by atoms with E-state index >= 15 is 0 Å². The van der Waals surface area contributed by atoms with Gasteiger partial charge in [0, 0.05) is 6.42 Å². The number of benzene rings is 1. The van der Waals surface area contributed by atoms with Gasteiger partial charge in [0.2, 0.25) is 0 Å². The number of hydrogen-bond acceptors (Lipinski definition) is 5. The minimum Gasteiger partial charge on any atom is -0.486 e. The van der Waals surface area contributed by atoms with Crippen LogP contribution in [0.5, 0.6) is 11.5 Å². The normalized spacial score (nSPS) is 13.5. The van der Waals surface area contributed by atoms with E-state index in [0.717, 1.165) is 29.9 Å². The first kappa shape index (κ1) is 12.0. The van der Waals surface area contributed by atoms with Crippen molar-refractivity contribution in [3.05, 3.63) is 30.3 Å². The summed E-state index contributed by atoms with van der Waals surface area (Å²) in [6, 6.07) is 5.76. The van der Waals surface area contributed by atoms with Crippen LogP contribution < -0.4 is 15.2 Å². The smallest absolute Gasteiger partial charge is 0.194 e. The Morgan fingerprint density at radius 1 is 1.21 bits per heavy atom. The zero-order valence-electron chi connectivity index (χ0n) is 10.6. The van der Waals surface area contributed by atoms with Gasteiger partial charge in [-0.3, -0.25) is 0 Å². The van der Waals surface area contributed by atoms with E-state index < -0.39 is 0 Å². The lowest BCUT2D eigenvalue weighted by atomic mass is 10.1. The molecule has 0 amide bonds. The molecule has 0 radical (unpaired) electrons. The predicted octanol–water partition coefficient (Wildman–Crippen LogP) is 2.00. The van der Waals surface area contributed by atoms with Crippen molar-refractivity contribution in [1.29, 1.82) is 0 Å². The van der Waals surface area contributed by atoms with Crippen molar-refractivity contribution >= 4 is 0 Å². The molecule has 100 valence electrons. The van der Waals surface area contributed by atoms with Gasteiger partial charge in [0.1, 0.15) is 13.2 Å². The Balaban J connectivity index is 1.91. The summed E-state index contributed by atoms with van der Waals surface area (Å²) < 4.78 is 17.0. The van der Waals surface area contributed by atoms with Gasteiger partial charge in [0.05, 0.1) is 11.8 Å². The van der Waals surface area contributed by atoms with E-state index in [4.69, 9.17) is 19.6 Å². The third kappa shape index (κ3) is 2.42. The van der Waals surface area contributed by atoms with Crippen LogP contribution in [-0.2, 0) is 6.42 Å². The van der Waals surface area contributed by atoms with E-state index in [9.17, 15) is 0 Å². The third-order valence-electron chi connectivity index (χ3n) is 2.98. The quantitative estimate of drug-likeness (QED) is 0.910. The number of ether oxygens (including phenoxy) is 2. The summed E-state index contributed by atoms with van der Waals surface area (Å²) in [7, 11) is 0. The van der Waals surface area contributed by atoms with Crippen molar-refractivity contribution < 1.29 is 13.9 Å². The summed E-state index contributed by atoms with van der Waals surface area (Å²) in [4.78, 5) is 4.26. The second-order valence-corrected chi connectivity index (χ2v) is 4.34. The minimum absolute atomic E-state index is 0.554. The van der Waals surface area contributed by atoms with Crippen molar-refractivity contribution in [3.63, 3.8) is 0 Å². The Bertz CT molecular complexity index is 566. The average molecular weight is 260 g/mol. The molecular formula is C14H16N2O3. The van der Waals surface area contributed by atoms with Crippen LogP contribution in [0.15, 0.2) is 28.8 Å². The van der Waals surface area contributed by atoms with Crippen molar-refractivity contribution in [2.45, 2.75) is 12.8 Å². The average Bonchev–Trinajstić information content (AvgIpc) is 2.93. The predicted molar refractivity (Wildman–Crippen MR) is 70.3 cm³/mol. The van der Waals surface area contributed by atoms with Gasteiger partial charge in [-0.15, -0.1) is 0 Å². The maximum atomic E-state index is 5.74. The molecule has 1 aromatic heterocycles. The van der Waals surface area contributed by atoms with E-state index in [-0.39, 0.29) is 0 Å². The van der Waals surface area contributed by atoms with E-state index in [1.165, 1.54) is 0 Å². The number of aryl methyl sites for hydroxylation is 1. The van der Waals surface area contributed by atoms with Crippen LogP contribution in [0.1, 0.15) is 12.3 Å². The molecule has 5 heteroatoms. The molecule has 0 spiro atoms. The first-order chi connectivity index (χ1) is 9.38. The first-order valence-electron chi connectivity index (χ1n) is 6.42. The number of para-hydroxylation sites is 1. The highest BCUT2D eigenvalue weighted by Crippen LogP contribution is 2.39. The van der Waals surface area contributed by atoms with Crippen LogP contribution in [0.25, 0.3) is 11.3 Å². The Morgan fingerprint density at radius 3 is 3.00 bits per heavy atom. The summed E-state index contributed by atoms with van der Waals surface area (Å²) in [6.07, 6.45) is 3.34. The van der Waals surface area contributed by atoms with E-state index in [1.807, 2.05) is 18.2 Å². The Morgan fingerprint density at radius 2 is 2.11 bits per heavy atom. The lowest BCUT2D eigenvalue weighted by Gasteiger charge is -2.19. The first-order valence-corrected chi connectivity index (χ1v) is 6.42. The minimum atomic E-state index is 0.554. The van der Waals surface area contributed by atoms with Gasteiger partial charge >= 0.3 is 0 Å². The van der Waals surface area contributed by atoms with Crippen LogP contribution in [0.4, 0.5) is 0 Å². The number of oxazole rings is 1. The second-order valence-electron chi connectivity index (χ2n) is 4.34. The third-order valence-corrected chi connectivity index (χ3v) is 2.98. The van der Waals surface area contributed by atoms with Crippen LogP contribution in [0.2, 0.25) is 0 Å². The van der Waals surface area contributed by atoms with Gasteiger partial charge in [-0.2, -0.15) is 0 Å². The monoisotopic (exact) mass is 260 g/mol. The molecule has 0 atom stereocenters. The molecular weight excluding hydrogens is 244 g/mol. The maximum absolute atomic E-state index is 5.74. The highest BCUT2D eigenvalue weighted by molar-refractivity contribution is 5.69. The summed E-state index contributed by atoms with van der Waals surface area (Å²) >= 11 is 0. The van der Waals surface area contributed by atoms with Crippen LogP contribution >= 0.6 is 0 Å². The Hall–Kier alpha value is -2.01. The molecule has 2 N–H and O–H groups in total. The van der Waals surface area contributed by atoms with Gasteiger partial charge in [-0.1, -0.05) is 6.07 Å². The van der Waals surface area contributed by atoms with Gasteiger partial charge in [-0.25, -0.2) is 4.98 Å². The molecule has 1 aliphatic rings. The number of aromatic nitrogens is 1. The number of nitrogens with two attached hydrogens (primary N) is 1. The van der Waals surface area contributed by atoms with E-state index in [0.29, 0.717) is 31.4 Å². The Labute approximate surface area is 111 Å². The van der Waals surface area contributed by atoms with Crippen molar-refractivity contribution in [3.8, 4) is 22.8 Å². The summed E-state index contributed by atoms with van der Waals surface area (Å²) in [6.45, 7) is 1.77. The summed E-state index contributed by atoms with van der Waals surface area (Å²) in [5, 5.41) is 0. The molecule has 19 heavy (non-hydrogen) atoms. The lowest BCUT2D eigenvalue weighted by Crippen LogP contribution is -2.15. The topological polar surface area (TPSA) is 70.5 Å².